The molecule has 0 atom stereocenters. The van der Waals surface area contributed by atoms with Crippen LogP contribution in [0.25, 0.3) is 0 Å². The van der Waals surface area contributed by atoms with E-state index < -0.39 is 0 Å². The third-order valence-corrected chi connectivity index (χ3v) is 4.57. The molecule has 1 aliphatic heterocycles. The molecule has 29 heavy (non-hydrogen) atoms. The quantitative estimate of drug-likeness (QED) is 0.691. The summed E-state index contributed by atoms with van der Waals surface area (Å²) in [5, 5.41) is 2.75. The average Bonchev–Trinajstić information content (AvgIpc) is 2.80. The Morgan fingerprint density at radius 3 is 2.28 bits per heavy atom. The molecule has 1 saturated heterocycles. The van der Waals surface area contributed by atoms with Gasteiger partial charge in [0.05, 0.1) is 18.1 Å². The van der Waals surface area contributed by atoms with Gasteiger partial charge in [-0.1, -0.05) is 24.3 Å². The fourth-order valence-electron chi connectivity index (χ4n) is 3.09. The molecule has 4 rings (SSSR count). The zero-order chi connectivity index (χ0) is 19.9. The van der Waals surface area contributed by atoms with E-state index in [9.17, 15) is 4.79 Å². The number of benzene rings is 1. The summed E-state index contributed by atoms with van der Waals surface area (Å²) in [6.45, 7) is 3.27. The van der Waals surface area contributed by atoms with Crippen molar-refractivity contribution in [2.75, 3.05) is 47.9 Å². The maximum absolute atomic E-state index is 12.0. The number of nitrogens with zero attached hydrogens (tertiary/aromatic N) is 5. The molecule has 0 saturated carbocycles. The van der Waals surface area contributed by atoms with Crippen molar-refractivity contribution in [2.45, 2.75) is 0 Å². The fourth-order valence-corrected chi connectivity index (χ4v) is 3.09. The summed E-state index contributed by atoms with van der Waals surface area (Å²) in [5.74, 6) is 2.04. The van der Waals surface area contributed by atoms with Gasteiger partial charge < -0.3 is 19.9 Å². The number of pyridine rings is 1. The first kappa shape index (κ1) is 18.7. The van der Waals surface area contributed by atoms with Crippen LogP contribution in [0.3, 0.4) is 0 Å². The van der Waals surface area contributed by atoms with Gasteiger partial charge in [0.2, 0.25) is 5.95 Å². The van der Waals surface area contributed by atoms with Crippen molar-refractivity contribution in [1.29, 1.82) is 0 Å². The number of rotatable bonds is 6. The molecule has 8 nitrogen and oxygen atoms in total. The van der Waals surface area contributed by atoms with E-state index >= 15 is 0 Å². The van der Waals surface area contributed by atoms with E-state index in [0.717, 1.165) is 32.0 Å². The molecule has 1 fully saturated rings. The first-order valence-electron chi connectivity index (χ1n) is 9.48. The summed E-state index contributed by atoms with van der Waals surface area (Å²) in [4.78, 5) is 29.6. The Labute approximate surface area is 169 Å². The average molecular weight is 390 g/mol. The monoisotopic (exact) mass is 390 g/mol. The Morgan fingerprint density at radius 2 is 1.59 bits per heavy atom. The van der Waals surface area contributed by atoms with Gasteiger partial charge in [0.25, 0.3) is 5.91 Å². The molecule has 0 unspecified atom stereocenters. The third-order valence-electron chi connectivity index (χ3n) is 4.57. The van der Waals surface area contributed by atoms with Crippen LogP contribution < -0.4 is 19.9 Å². The highest BCUT2D eigenvalue weighted by molar-refractivity contribution is 5.91. The number of carbonyl (C=O) groups is 1. The summed E-state index contributed by atoms with van der Waals surface area (Å²) in [5.41, 5.74) is 0.544. The molecule has 1 amide bonds. The zero-order valence-electron chi connectivity index (χ0n) is 15.9. The molecule has 1 N–H and O–H groups in total. The van der Waals surface area contributed by atoms with Crippen LogP contribution in [0.1, 0.15) is 0 Å². The summed E-state index contributed by atoms with van der Waals surface area (Å²) in [6, 6.07) is 15.1. The highest BCUT2D eigenvalue weighted by Gasteiger charge is 2.19. The molecule has 3 heterocycles. The Bertz CT molecular complexity index is 913. The maximum Gasteiger partial charge on any atom is 0.262 e. The van der Waals surface area contributed by atoms with Gasteiger partial charge >= 0.3 is 0 Å². The summed E-state index contributed by atoms with van der Waals surface area (Å²) in [6.07, 6.45) is 5.05. The topological polar surface area (TPSA) is 83.5 Å². The zero-order valence-corrected chi connectivity index (χ0v) is 15.9. The van der Waals surface area contributed by atoms with E-state index in [1.807, 2.05) is 42.6 Å². The number of ether oxygens (including phenoxy) is 1. The minimum Gasteiger partial charge on any atom is -0.484 e. The highest BCUT2D eigenvalue weighted by atomic mass is 16.5. The van der Waals surface area contributed by atoms with E-state index in [1.165, 1.54) is 0 Å². The van der Waals surface area contributed by atoms with Crippen molar-refractivity contribution in [3.05, 3.63) is 67.1 Å². The van der Waals surface area contributed by atoms with Gasteiger partial charge in [0, 0.05) is 32.4 Å². The van der Waals surface area contributed by atoms with Gasteiger partial charge in [-0.25, -0.2) is 15.0 Å². The van der Waals surface area contributed by atoms with Crippen molar-refractivity contribution < 1.29 is 9.53 Å². The second-order valence-electron chi connectivity index (χ2n) is 6.58. The maximum atomic E-state index is 12.0. The number of nitrogens with one attached hydrogen (secondary N) is 1. The smallest absolute Gasteiger partial charge is 0.262 e. The van der Waals surface area contributed by atoms with Crippen molar-refractivity contribution >= 4 is 23.4 Å². The number of hydrogen-bond donors (Lipinski definition) is 1. The molecule has 3 aromatic rings. The molecular formula is C21H22N6O2. The molecule has 1 aromatic carbocycles. The van der Waals surface area contributed by atoms with Gasteiger partial charge in [0.15, 0.2) is 6.61 Å². The van der Waals surface area contributed by atoms with Crippen molar-refractivity contribution in [3.8, 4) is 5.75 Å². The molecular weight excluding hydrogens is 368 g/mol. The molecule has 8 heteroatoms. The number of hydrogen-bond acceptors (Lipinski definition) is 7. The van der Waals surface area contributed by atoms with E-state index in [-0.39, 0.29) is 12.5 Å². The van der Waals surface area contributed by atoms with Gasteiger partial charge in [-0.2, -0.15) is 0 Å². The lowest BCUT2D eigenvalue weighted by Crippen LogP contribution is -2.47. The molecule has 0 aliphatic carbocycles. The summed E-state index contributed by atoms with van der Waals surface area (Å²) in [7, 11) is 0. The number of para-hydroxylation sites is 1. The summed E-state index contributed by atoms with van der Waals surface area (Å²) < 4.78 is 5.43. The molecule has 0 bridgehead atoms. The first-order valence-corrected chi connectivity index (χ1v) is 9.48. The van der Waals surface area contributed by atoms with Gasteiger partial charge in [-0.3, -0.25) is 4.79 Å². The standard InChI is InChI=1S/C21H22N6O2/c28-20(16-29-18-6-2-1-3-7-18)25-17-14-23-21(24-15-17)27-12-10-26(11-13-27)19-8-4-5-9-22-19/h1-9,14-15H,10-13,16H2,(H,25,28). The van der Waals surface area contributed by atoms with E-state index in [0.29, 0.717) is 17.4 Å². The number of anilines is 3. The number of carbonyl (C=O) groups excluding carboxylic acids is 1. The van der Waals surface area contributed by atoms with Crippen molar-refractivity contribution in [2.24, 2.45) is 0 Å². The number of piperazine rings is 1. The molecule has 0 spiro atoms. The van der Waals surface area contributed by atoms with Crippen LogP contribution in [0.5, 0.6) is 5.75 Å². The Kier molecular flexibility index (Phi) is 5.80. The van der Waals surface area contributed by atoms with Gasteiger partial charge in [-0.05, 0) is 24.3 Å². The van der Waals surface area contributed by atoms with Crippen molar-refractivity contribution in [1.82, 2.24) is 15.0 Å². The van der Waals surface area contributed by atoms with Gasteiger partial charge in [-0.15, -0.1) is 0 Å². The first-order chi connectivity index (χ1) is 14.3. The van der Waals surface area contributed by atoms with Crippen LogP contribution in [-0.4, -0.2) is 53.6 Å². The van der Waals surface area contributed by atoms with Crippen LogP contribution in [0.2, 0.25) is 0 Å². The summed E-state index contributed by atoms with van der Waals surface area (Å²) >= 11 is 0. The lowest BCUT2D eigenvalue weighted by atomic mass is 10.3. The van der Waals surface area contributed by atoms with Crippen molar-refractivity contribution in [3.63, 3.8) is 0 Å². The predicted molar refractivity (Wildman–Crippen MR) is 111 cm³/mol. The van der Waals surface area contributed by atoms with E-state index in [2.05, 4.69) is 30.1 Å². The minimum atomic E-state index is -0.255. The third kappa shape index (κ3) is 4.98. The predicted octanol–water partition coefficient (Wildman–Crippen LogP) is 2.22. The van der Waals surface area contributed by atoms with Gasteiger partial charge in [0.1, 0.15) is 11.6 Å². The van der Waals surface area contributed by atoms with Crippen LogP contribution in [0.4, 0.5) is 17.5 Å². The van der Waals surface area contributed by atoms with Crippen LogP contribution in [0, 0.1) is 0 Å². The fraction of sp³-hybridized carbons (Fsp3) is 0.238. The lowest BCUT2D eigenvalue weighted by Gasteiger charge is -2.35. The SMILES string of the molecule is O=C(COc1ccccc1)Nc1cnc(N2CCN(c3ccccn3)CC2)nc1. The van der Waals surface area contributed by atoms with E-state index in [4.69, 9.17) is 4.74 Å². The van der Waals surface area contributed by atoms with Crippen LogP contribution in [-0.2, 0) is 4.79 Å². The largest absolute Gasteiger partial charge is 0.484 e. The van der Waals surface area contributed by atoms with E-state index in [1.54, 1.807) is 24.5 Å². The van der Waals surface area contributed by atoms with Crippen LogP contribution in [0.15, 0.2) is 67.1 Å². The lowest BCUT2D eigenvalue weighted by molar-refractivity contribution is -0.118. The normalized spacial score (nSPS) is 13.8. The molecule has 148 valence electrons. The Balaban J connectivity index is 1.26. The molecule has 2 aromatic heterocycles. The molecule has 1 aliphatic rings. The van der Waals surface area contributed by atoms with Crippen LogP contribution >= 0.6 is 0 Å². The Morgan fingerprint density at radius 1 is 0.897 bits per heavy atom. The number of amides is 1. The second kappa shape index (κ2) is 9.01. The Hall–Kier alpha value is -3.68. The highest BCUT2D eigenvalue weighted by Crippen LogP contribution is 2.16. The number of aromatic nitrogens is 3. The molecule has 0 radical (unpaired) electrons. The second-order valence-corrected chi connectivity index (χ2v) is 6.58. The minimum absolute atomic E-state index is 0.0682.